The first-order valence-electron chi connectivity index (χ1n) is 1.98. The van der Waals surface area contributed by atoms with Crippen molar-refractivity contribution in [3.8, 4) is 11.9 Å². The summed E-state index contributed by atoms with van der Waals surface area (Å²) in [4.78, 5) is 0. The standard InChI is InChI=1S/C4H2Cl2O3/c5-1-2(6)4(8)9-3(1)7/h7-8H. The third kappa shape index (κ3) is 0.930. The van der Waals surface area contributed by atoms with Gasteiger partial charge in [-0.05, 0) is 0 Å². The predicted molar refractivity (Wildman–Crippen MR) is 32.1 cm³/mol. The molecule has 0 radical (unpaired) electrons. The first-order valence-corrected chi connectivity index (χ1v) is 2.74. The maximum atomic E-state index is 8.58. The van der Waals surface area contributed by atoms with Crippen LogP contribution in [0.15, 0.2) is 4.42 Å². The summed E-state index contributed by atoms with van der Waals surface area (Å²) in [5.41, 5.74) is 0. The lowest BCUT2D eigenvalue weighted by Crippen LogP contribution is -1.54. The van der Waals surface area contributed by atoms with E-state index in [1.54, 1.807) is 0 Å². The first kappa shape index (κ1) is 6.58. The van der Waals surface area contributed by atoms with Gasteiger partial charge in [-0.15, -0.1) is 0 Å². The molecule has 0 unspecified atom stereocenters. The summed E-state index contributed by atoms with van der Waals surface area (Å²) >= 11 is 10.5. The highest BCUT2D eigenvalue weighted by Crippen LogP contribution is 2.40. The van der Waals surface area contributed by atoms with Crippen molar-refractivity contribution >= 4 is 23.2 Å². The molecule has 2 N–H and O–H groups in total. The molecule has 0 aromatic carbocycles. The highest BCUT2D eigenvalue weighted by atomic mass is 35.5. The van der Waals surface area contributed by atoms with E-state index in [4.69, 9.17) is 33.4 Å². The van der Waals surface area contributed by atoms with E-state index in [1.165, 1.54) is 0 Å². The topological polar surface area (TPSA) is 53.6 Å². The second-order valence-corrected chi connectivity index (χ2v) is 2.10. The van der Waals surface area contributed by atoms with Crippen LogP contribution in [0.3, 0.4) is 0 Å². The van der Waals surface area contributed by atoms with Crippen LogP contribution in [0.4, 0.5) is 0 Å². The molecule has 1 aromatic heterocycles. The van der Waals surface area contributed by atoms with Gasteiger partial charge in [0, 0.05) is 0 Å². The van der Waals surface area contributed by atoms with Gasteiger partial charge in [-0.3, -0.25) is 0 Å². The molecule has 0 aliphatic rings. The van der Waals surface area contributed by atoms with Crippen LogP contribution in [-0.2, 0) is 0 Å². The Balaban J connectivity index is 3.29. The minimum Gasteiger partial charge on any atom is -0.480 e. The Kier molecular flexibility index (Phi) is 1.47. The molecule has 0 aliphatic carbocycles. The number of halogens is 2. The largest absolute Gasteiger partial charge is 0.480 e. The normalized spacial score (nSPS) is 10.0. The van der Waals surface area contributed by atoms with Crippen LogP contribution >= 0.6 is 23.2 Å². The van der Waals surface area contributed by atoms with Crippen molar-refractivity contribution in [2.45, 2.75) is 0 Å². The van der Waals surface area contributed by atoms with Crippen molar-refractivity contribution in [3.05, 3.63) is 10.0 Å². The van der Waals surface area contributed by atoms with Gasteiger partial charge in [0.2, 0.25) is 0 Å². The van der Waals surface area contributed by atoms with Crippen LogP contribution in [0.1, 0.15) is 0 Å². The van der Waals surface area contributed by atoms with Crippen LogP contribution < -0.4 is 0 Å². The quantitative estimate of drug-likeness (QED) is 0.624. The minimum absolute atomic E-state index is 0.172. The molecule has 0 saturated carbocycles. The van der Waals surface area contributed by atoms with Crippen molar-refractivity contribution in [3.63, 3.8) is 0 Å². The molecule has 50 valence electrons. The van der Waals surface area contributed by atoms with Gasteiger partial charge in [0.05, 0.1) is 0 Å². The fourth-order valence-corrected chi connectivity index (χ4v) is 0.608. The molecule has 0 saturated heterocycles. The van der Waals surface area contributed by atoms with Crippen molar-refractivity contribution in [1.29, 1.82) is 0 Å². The average Bonchev–Trinajstić information content (AvgIpc) is 1.98. The third-order valence-electron chi connectivity index (χ3n) is 0.762. The maximum absolute atomic E-state index is 8.58. The number of aromatic hydroxyl groups is 2. The number of hydrogen-bond acceptors (Lipinski definition) is 3. The van der Waals surface area contributed by atoms with E-state index >= 15 is 0 Å². The minimum atomic E-state index is -0.570. The number of rotatable bonds is 0. The molecule has 1 aromatic rings. The summed E-state index contributed by atoms with van der Waals surface area (Å²) in [5, 5.41) is 16.8. The molecule has 0 spiro atoms. The smallest absolute Gasteiger partial charge is 0.306 e. The summed E-state index contributed by atoms with van der Waals surface area (Å²) < 4.78 is 4.19. The molecule has 1 rings (SSSR count). The van der Waals surface area contributed by atoms with E-state index in [9.17, 15) is 0 Å². The summed E-state index contributed by atoms with van der Waals surface area (Å²) in [6.07, 6.45) is 0. The number of furan rings is 1. The fourth-order valence-electron chi connectivity index (χ4n) is 0.369. The van der Waals surface area contributed by atoms with Crippen LogP contribution in [0.25, 0.3) is 0 Å². The van der Waals surface area contributed by atoms with Gasteiger partial charge in [-0.1, -0.05) is 23.2 Å². The zero-order chi connectivity index (χ0) is 7.02. The molecule has 0 bridgehead atoms. The van der Waals surface area contributed by atoms with Crippen LogP contribution in [0, 0.1) is 0 Å². The molecule has 0 fully saturated rings. The van der Waals surface area contributed by atoms with Crippen LogP contribution in [0.5, 0.6) is 11.9 Å². The Morgan fingerprint density at radius 1 is 1.00 bits per heavy atom. The highest BCUT2D eigenvalue weighted by molar-refractivity contribution is 6.43. The van der Waals surface area contributed by atoms with Gasteiger partial charge in [0.25, 0.3) is 0 Å². The van der Waals surface area contributed by atoms with Crippen LogP contribution in [0.2, 0.25) is 10.0 Å². The molecule has 1 heterocycles. The van der Waals surface area contributed by atoms with E-state index in [-0.39, 0.29) is 10.0 Å². The molecule has 5 heteroatoms. The van der Waals surface area contributed by atoms with E-state index in [2.05, 4.69) is 4.42 Å². The van der Waals surface area contributed by atoms with Gasteiger partial charge >= 0.3 is 11.9 Å². The Morgan fingerprint density at radius 3 is 1.44 bits per heavy atom. The van der Waals surface area contributed by atoms with E-state index < -0.39 is 11.9 Å². The Morgan fingerprint density at radius 2 is 1.33 bits per heavy atom. The summed E-state index contributed by atoms with van der Waals surface area (Å²) in [6.45, 7) is 0. The molecular weight excluding hydrogens is 167 g/mol. The highest BCUT2D eigenvalue weighted by Gasteiger charge is 2.14. The van der Waals surface area contributed by atoms with Gasteiger partial charge in [0.1, 0.15) is 10.0 Å². The van der Waals surface area contributed by atoms with E-state index in [0.717, 1.165) is 0 Å². The summed E-state index contributed by atoms with van der Waals surface area (Å²) in [6, 6.07) is 0. The summed E-state index contributed by atoms with van der Waals surface area (Å²) in [5.74, 6) is -1.14. The second-order valence-electron chi connectivity index (χ2n) is 1.34. The fraction of sp³-hybridized carbons (Fsp3) is 0. The van der Waals surface area contributed by atoms with Gasteiger partial charge in [-0.2, -0.15) is 0 Å². The first-order chi connectivity index (χ1) is 4.13. The Bertz CT molecular complexity index is 207. The van der Waals surface area contributed by atoms with Crippen molar-refractivity contribution in [1.82, 2.24) is 0 Å². The Hall–Kier alpha value is -0.540. The monoisotopic (exact) mass is 168 g/mol. The maximum Gasteiger partial charge on any atom is 0.306 e. The zero-order valence-electron chi connectivity index (χ0n) is 4.06. The average molecular weight is 169 g/mol. The van der Waals surface area contributed by atoms with Crippen LogP contribution in [-0.4, -0.2) is 10.2 Å². The molecule has 3 nitrogen and oxygen atoms in total. The SMILES string of the molecule is Oc1oc(O)c(Cl)c1Cl. The second kappa shape index (κ2) is 2.01. The predicted octanol–water partition coefficient (Wildman–Crippen LogP) is 2.00. The molecule has 0 atom stereocenters. The van der Waals surface area contributed by atoms with Gasteiger partial charge in [-0.25, -0.2) is 0 Å². The summed E-state index contributed by atoms with van der Waals surface area (Å²) in [7, 11) is 0. The molecule has 0 aliphatic heterocycles. The lowest BCUT2D eigenvalue weighted by molar-refractivity contribution is 0.265. The van der Waals surface area contributed by atoms with Gasteiger partial charge in [0.15, 0.2) is 0 Å². The lowest BCUT2D eigenvalue weighted by Gasteiger charge is -1.77. The van der Waals surface area contributed by atoms with Crippen molar-refractivity contribution in [2.24, 2.45) is 0 Å². The van der Waals surface area contributed by atoms with E-state index in [1.807, 2.05) is 0 Å². The van der Waals surface area contributed by atoms with Crippen molar-refractivity contribution in [2.75, 3.05) is 0 Å². The van der Waals surface area contributed by atoms with E-state index in [0.29, 0.717) is 0 Å². The van der Waals surface area contributed by atoms with Gasteiger partial charge < -0.3 is 14.6 Å². The van der Waals surface area contributed by atoms with Crippen molar-refractivity contribution < 1.29 is 14.6 Å². The Labute approximate surface area is 60.4 Å². The molecular formula is C4H2Cl2O3. The zero-order valence-corrected chi connectivity index (χ0v) is 5.57. The number of hydrogen-bond donors (Lipinski definition) is 2. The lowest BCUT2D eigenvalue weighted by atomic mass is 10.6. The molecule has 9 heavy (non-hydrogen) atoms. The third-order valence-corrected chi connectivity index (χ3v) is 1.56. The molecule has 0 amide bonds.